The van der Waals surface area contributed by atoms with Gasteiger partial charge in [-0.15, -0.1) is 0 Å². The number of hydrogen-bond acceptors (Lipinski definition) is 2. The Morgan fingerprint density at radius 1 is 0.962 bits per heavy atom. The fourth-order valence-corrected chi connectivity index (χ4v) is 2.96. The highest BCUT2D eigenvalue weighted by Gasteiger charge is 2.09. The summed E-state index contributed by atoms with van der Waals surface area (Å²) in [6.07, 6.45) is 0. The molecule has 1 N–H and O–H groups in total. The molecular formula is C23H24FNO. The van der Waals surface area contributed by atoms with Gasteiger partial charge in [0.05, 0.1) is 7.11 Å². The predicted molar refractivity (Wildman–Crippen MR) is 105 cm³/mol. The number of aryl methyl sites for hydroxylation is 1. The van der Waals surface area contributed by atoms with Gasteiger partial charge >= 0.3 is 0 Å². The van der Waals surface area contributed by atoms with E-state index in [1.807, 2.05) is 6.07 Å². The van der Waals surface area contributed by atoms with Crippen LogP contribution in [0.4, 0.5) is 4.39 Å². The van der Waals surface area contributed by atoms with E-state index in [1.165, 1.54) is 23.3 Å². The molecule has 0 aliphatic carbocycles. The Balaban J connectivity index is 1.77. The lowest BCUT2D eigenvalue weighted by molar-refractivity contribution is 0.416. The molecule has 0 unspecified atom stereocenters. The first kappa shape index (κ1) is 18.2. The lowest BCUT2D eigenvalue weighted by Gasteiger charge is -2.16. The van der Waals surface area contributed by atoms with Gasteiger partial charge in [-0.2, -0.15) is 0 Å². The van der Waals surface area contributed by atoms with E-state index in [0.717, 1.165) is 29.0 Å². The monoisotopic (exact) mass is 349 g/mol. The van der Waals surface area contributed by atoms with Gasteiger partial charge < -0.3 is 10.1 Å². The Labute approximate surface area is 154 Å². The van der Waals surface area contributed by atoms with Crippen molar-refractivity contribution in [1.29, 1.82) is 0 Å². The van der Waals surface area contributed by atoms with E-state index >= 15 is 0 Å². The van der Waals surface area contributed by atoms with Gasteiger partial charge in [-0.05, 0) is 54.8 Å². The Morgan fingerprint density at radius 3 is 2.31 bits per heavy atom. The first-order valence-electron chi connectivity index (χ1n) is 8.79. The molecule has 0 aliphatic rings. The molecule has 0 saturated heterocycles. The number of hydrogen-bond donors (Lipinski definition) is 1. The first-order chi connectivity index (χ1) is 12.6. The average Bonchev–Trinajstić information content (AvgIpc) is 2.67. The molecule has 0 aliphatic heterocycles. The van der Waals surface area contributed by atoms with Gasteiger partial charge in [0, 0.05) is 18.2 Å². The number of ether oxygens (including phenoxy) is 1. The second-order valence-electron chi connectivity index (χ2n) is 6.55. The van der Waals surface area contributed by atoms with Crippen LogP contribution in [0.15, 0.2) is 66.7 Å². The minimum absolute atomic E-state index is 0.238. The lowest BCUT2D eigenvalue weighted by atomic mass is 10.0. The first-order valence-corrected chi connectivity index (χ1v) is 8.79. The number of rotatable bonds is 6. The lowest BCUT2D eigenvalue weighted by Crippen LogP contribution is -2.18. The second-order valence-corrected chi connectivity index (χ2v) is 6.55. The molecule has 0 bridgehead atoms. The SMILES string of the molecule is COc1ccc(CN[C@H](C)c2ccc(C)cc2)cc1-c1ccc(F)cc1. The maximum absolute atomic E-state index is 13.2. The van der Waals surface area contributed by atoms with Crippen LogP contribution in [-0.2, 0) is 6.54 Å². The molecule has 3 aromatic carbocycles. The van der Waals surface area contributed by atoms with Gasteiger partial charge in [0.15, 0.2) is 0 Å². The van der Waals surface area contributed by atoms with E-state index < -0.39 is 0 Å². The number of methoxy groups -OCH3 is 1. The largest absolute Gasteiger partial charge is 0.496 e. The third-order valence-corrected chi connectivity index (χ3v) is 4.61. The van der Waals surface area contributed by atoms with Gasteiger partial charge in [0.25, 0.3) is 0 Å². The van der Waals surface area contributed by atoms with Crippen LogP contribution in [0.5, 0.6) is 5.75 Å². The summed E-state index contributed by atoms with van der Waals surface area (Å²) in [5.41, 5.74) is 5.60. The Morgan fingerprint density at radius 2 is 1.65 bits per heavy atom. The summed E-state index contributed by atoms with van der Waals surface area (Å²) in [6.45, 7) is 5.00. The van der Waals surface area contributed by atoms with E-state index in [2.05, 4.69) is 55.6 Å². The molecule has 3 heteroatoms. The second kappa shape index (κ2) is 8.15. The van der Waals surface area contributed by atoms with Crippen molar-refractivity contribution in [2.75, 3.05) is 7.11 Å². The zero-order valence-corrected chi connectivity index (χ0v) is 15.4. The van der Waals surface area contributed by atoms with Gasteiger partial charge in [-0.25, -0.2) is 4.39 Å². The van der Waals surface area contributed by atoms with Crippen molar-refractivity contribution in [1.82, 2.24) is 5.32 Å². The molecular weight excluding hydrogens is 325 g/mol. The summed E-state index contributed by atoms with van der Waals surface area (Å²) in [6, 6.07) is 21.5. The summed E-state index contributed by atoms with van der Waals surface area (Å²) >= 11 is 0. The molecule has 134 valence electrons. The Bertz CT molecular complexity index is 856. The van der Waals surface area contributed by atoms with Crippen molar-refractivity contribution in [2.45, 2.75) is 26.4 Å². The molecule has 2 nitrogen and oxygen atoms in total. The van der Waals surface area contributed by atoms with Crippen molar-refractivity contribution in [3.05, 3.63) is 89.2 Å². The van der Waals surface area contributed by atoms with Crippen LogP contribution in [0.25, 0.3) is 11.1 Å². The zero-order chi connectivity index (χ0) is 18.5. The van der Waals surface area contributed by atoms with Crippen molar-refractivity contribution < 1.29 is 9.13 Å². The highest BCUT2D eigenvalue weighted by molar-refractivity contribution is 5.71. The quantitative estimate of drug-likeness (QED) is 0.620. The third kappa shape index (κ3) is 4.30. The maximum atomic E-state index is 13.2. The van der Waals surface area contributed by atoms with Crippen LogP contribution in [0.2, 0.25) is 0 Å². The van der Waals surface area contributed by atoms with E-state index in [9.17, 15) is 4.39 Å². The zero-order valence-electron chi connectivity index (χ0n) is 15.4. The normalized spacial score (nSPS) is 12.0. The van der Waals surface area contributed by atoms with Crippen LogP contribution in [-0.4, -0.2) is 7.11 Å². The smallest absolute Gasteiger partial charge is 0.126 e. The molecule has 0 heterocycles. The highest BCUT2D eigenvalue weighted by Crippen LogP contribution is 2.31. The van der Waals surface area contributed by atoms with Crippen molar-refractivity contribution in [3.8, 4) is 16.9 Å². The van der Waals surface area contributed by atoms with E-state index in [4.69, 9.17) is 4.74 Å². The van der Waals surface area contributed by atoms with E-state index in [1.54, 1.807) is 19.2 Å². The average molecular weight is 349 g/mol. The molecule has 0 saturated carbocycles. The van der Waals surface area contributed by atoms with Gasteiger partial charge in [-0.1, -0.05) is 48.0 Å². The van der Waals surface area contributed by atoms with Crippen LogP contribution < -0.4 is 10.1 Å². The summed E-state index contributed by atoms with van der Waals surface area (Å²) < 4.78 is 18.7. The van der Waals surface area contributed by atoms with Crippen molar-refractivity contribution >= 4 is 0 Å². The van der Waals surface area contributed by atoms with Crippen LogP contribution >= 0.6 is 0 Å². The maximum Gasteiger partial charge on any atom is 0.126 e. The number of nitrogens with one attached hydrogen (secondary N) is 1. The highest BCUT2D eigenvalue weighted by atomic mass is 19.1. The topological polar surface area (TPSA) is 21.3 Å². The Hall–Kier alpha value is -2.65. The molecule has 3 aromatic rings. The summed E-state index contributed by atoms with van der Waals surface area (Å²) in [7, 11) is 1.65. The number of benzene rings is 3. The molecule has 0 amide bonds. The summed E-state index contributed by atoms with van der Waals surface area (Å²) in [5, 5.41) is 3.56. The van der Waals surface area contributed by atoms with E-state index in [-0.39, 0.29) is 11.9 Å². The van der Waals surface area contributed by atoms with Crippen LogP contribution in [0.1, 0.15) is 29.7 Å². The molecule has 0 spiro atoms. The minimum Gasteiger partial charge on any atom is -0.496 e. The minimum atomic E-state index is -0.238. The number of halogens is 1. The molecule has 1 atom stereocenters. The Kier molecular flexibility index (Phi) is 5.69. The van der Waals surface area contributed by atoms with Crippen LogP contribution in [0.3, 0.4) is 0 Å². The fraction of sp³-hybridized carbons (Fsp3) is 0.217. The van der Waals surface area contributed by atoms with Gasteiger partial charge in [0.1, 0.15) is 11.6 Å². The molecule has 0 fully saturated rings. The summed E-state index contributed by atoms with van der Waals surface area (Å²) in [4.78, 5) is 0. The van der Waals surface area contributed by atoms with E-state index in [0.29, 0.717) is 0 Å². The fourth-order valence-electron chi connectivity index (χ4n) is 2.96. The molecule has 0 aromatic heterocycles. The standard InChI is InChI=1S/C23H24FNO/c1-16-4-7-19(8-5-16)17(2)25-15-18-6-13-23(26-3)22(14-18)20-9-11-21(24)12-10-20/h4-14,17,25H,15H2,1-3H3/t17-/m1/s1. The molecule has 26 heavy (non-hydrogen) atoms. The van der Waals surface area contributed by atoms with Crippen molar-refractivity contribution in [3.63, 3.8) is 0 Å². The van der Waals surface area contributed by atoms with Crippen molar-refractivity contribution in [2.24, 2.45) is 0 Å². The molecule has 3 rings (SSSR count). The summed E-state index contributed by atoms with van der Waals surface area (Å²) in [5.74, 6) is 0.546. The predicted octanol–water partition coefficient (Wildman–Crippen LogP) is 5.66. The molecule has 0 radical (unpaired) electrons. The van der Waals surface area contributed by atoms with Crippen LogP contribution in [0, 0.1) is 12.7 Å². The van der Waals surface area contributed by atoms with Gasteiger partial charge in [-0.3, -0.25) is 0 Å². The third-order valence-electron chi connectivity index (χ3n) is 4.61. The van der Waals surface area contributed by atoms with Gasteiger partial charge in [0.2, 0.25) is 0 Å².